The average molecular weight is 1190 g/mol. The van der Waals surface area contributed by atoms with Crippen molar-refractivity contribution in [2.45, 2.75) is 172 Å². The summed E-state index contributed by atoms with van der Waals surface area (Å²) in [6.07, 6.45) is 1.81. The average Bonchev–Trinajstić information content (AvgIpc) is 2.41. The van der Waals surface area contributed by atoms with E-state index in [1.165, 1.54) is 19.1 Å². The van der Waals surface area contributed by atoms with E-state index in [-0.39, 0.29) is 81.1 Å². The van der Waals surface area contributed by atoms with Crippen molar-refractivity contribution >= 4 is 69.8 Å². The molecular formula is C63H89N13O10. The lowest BCUT2D eigenvalue weighted by Gasteiger charge is -2.27. The topological polar surface area (TPSA) is 356 Å². The molecule has 23 heteroatoms. The SMILES string of the molecule is CC(=O)[C@H](CCCCNC(C)C)NC(=O)[C@H]1CCC(=O)N[C@@H](Cc2ccccc2)C(=O)N[C@@H](Cc2ccc(O)cc2)C(=O)N[C@@H](CCCCNC(C)C)C(=O)N[C@H](CCCNC(=N)N)C(=O)N[C@@H](Cc2ccc3ccccc3c2)C(=O)NCC(=O)N1. The van der Waals surface area contributed by atoms with Crippen molar-refractivity contribution in [2.75, 3.05) is 26.2 Å². The quantitative estimate of drug-likeness (QED) is 0.0257. The summed E-state index contributed by atoms with van der Waals surface area (Å²) < 4.78 is 0. The Morgan fingerprint density at radius 2 is 1.08 bits per heavy atom. The van der Waals surface area contributed by atoms with Crippen LogP contribution in [0.25, 0.3) is 10.8 Å². The lowest BCUT2D eigenvalue weighted by atomic mass is 10.00. The van der Waals surface area contributed by atoms with Crippen LogP contribution in [0.3, 0.4) is 0 Å². The monoisotopic (exact) mass is 1190 g/mol. The molecule has 8 amide bonds. The van der Waals surface area contributed by atoms with Crippen LogP contribution >= 0.6 is 0 Å². The van der Waals surface area contributed by atoms with Crippen molar-refractivity contribution < 1.29 is 48.3 Å². The highest BCUT2D eigenvalue weighted by Crippen LogP contribution is 2.18. The molecule has 0 bridgehead atoms. The summed E-state index contributed by atoms with van der Waals surface area (Å²) in [7, 11) is 0. The highest BCUT2D eigenvalue weighted by atomic mass is 16.3. The van der Waals surface area contributed by atoms with Gasteiger partial charge in [-0.15, -0.1) is 0 Å². The fraction of sp³-hybridized carbons (Fsp3) is 0.492. The Labute approximate surface area is 504 Å². The molecule has 466 valence electrons. The maximum absolute atomic E-state index is 14.9. The minimum Gasteiger partial charge on any atom is -0.508 e. The van der Waals surface area contributed by atoms with Crippen LogP contribution in [-0.2, 0) is 62.4 Å². The molecule has 15 N–H and O–H groups in total. The number of fused-ring (bicyclic) bond motifs is 1. The largest absolute Gasteiger partial charge is 0.508 e. The van der Waals surface area contributed by atoms with Crippen molar-refractivity contribution in [1.82, 2.24) is 58.5 Å². The van der Waals surface area contributed by atoms with Crippen LogP contribution in [-0.4, -0.2) is 145 Å². The number of phenolic OH excluding ortho intramolecular Hbond substituents is 1. The molecular weight excluding hydrogens is 1100 g/mol. The van der Waals surface area contributed by atoms with Crippen LogP contribution in [0.15, 0.2) is 97.1 Å². The summed E-state index contributed by atoms with van der Waals surface area (Å²) >= 11 is 0. The number of nitrogens with two attached hydrogens (primary N) is 1. The third-order valence-electron chi connectivity index (χ3n) is 14.6. The van der Waals surface area contributed by atoms with Gasteiger partial charge in [0.2, 0.25) is 47.3 Å². The van der Waals surface area contributed by atoms with Crippen molar-refractivity contribution in [3.05, 3.63) is 114 Å². The van der Waals surface area contributed by atoms with Gasteiger partial charge in [-0.25, -0.2) is 0 Å². The first-order valence-electron chi connectivity index (χ1n) is 29.9. The van der Waals surface area contributed by atoms with Crippen molar-refractivity contribution in [3.63, 3.8) is 0 Å². The van der Waals surface area contributed by atoms with Gasteiger partial charge in [-0.05, 0) is 117 Å². The number of nitrogens with one attached hydrogen (secondary N) is 12. The smallest absolute Gasteiger partial charge is 0.243 e. The highest BCUT2D eigenvalue weighted by molar-refractivity contribution is 5.98. The van der Waals surface area contributed by atoms with Crippen molar-refractivity contribution in [2.24, 2.45) is 5.73 Å². The number of ketones is 1. The molecule has 0 unspecified atom stereocenters. The van der Waals surface area contributed by atoms with Gasteiger partial charge in [0.15, 0.2) is 11.7 Å². The van der Waals surface area contributed by atoms with Gasteiger partial charge < -0.3 is 69.3 Å². The number of benzene rings is 4. The van der Waals surface area contributed by atoms with Crippen LogP contribution in [0, 0.1) is 5.41 Å². The fourth-order valence-corrected chi connectivity index (χ4v) is 9.83. The molecule has 4 aromatic rings. The van der Waals surface area contributed by atoms with Crippen molar-refractivity contribution in [1.29, 1.82) is 5.41 Å². The first kappa shape index (κ1) is 68.3. The summed E-state index contributed by atoms with van der Waals surface area (Å²) in [5, 5.41) is 51.1. The van der Waals surface area contributed by atoms with E-state index in [1.54, 1.807) is 48.5 Å². The van der Waals surface area contributed by atoms with E-state index in [0.717, 1.165) is 10.8 Å². The van der Waals surface area contributed by atoms with Gasteiger partial charge in [0.05, 0.1) is 12.6 Å². The lowest BCUT2D eigenvalue weighted by Crippen LogP contribution is -2.60. The van der Waals surface area contributed by atoms with Gasteiger partial charge in [0.25, 0.3) is 0 Å². The van der Waals surface area contributed by atoms with Crippen LogP contribution in [0.2, 0.25) is 0 Å². The summed E-state index contributed by atoms with van der Waals surface area (Å²) in [6.45, 7) is 10.1. The van der Waals surface area contributed by atoms with Crippen molar-refractivity contribution in [3.8, 4) is 5.75 Å². The maximum atomic E-state index is 14.9. The number of rotatable bonds is 25. The molecule has 5 rings (SSSR count). The Morgan fingerprint density at radius 3 is 1.69 bits per heavy atom. The molecule has 0 aromatic heterocycles. The minimum atomic E-state index is -1.44. The number of amides is 8. The van der Waals surface area contributed by atoms with Gasteiger partial charge in [-0.2, -0.15) is 0 Å². The number of Topliss-reactive ketones (excluding diaryl/α,β-unsaturated/α-hetero) is 1. The second kappa shape index (κ2) is 35.8. The summed E-state index contributed by atoms with van der Waals surface area (Å²) in [5.41, 5.74) is 7.38. The molecule has 7 atom stereocenters. The fourth-order valence-electron chi connectivity index (χ4n) is 9.83. The molecule has 1 heterocycles. The number of phenols is 1. The number of unbranched alkanes of at least 4 members (excludes halogenated alkanes) is 2. The number of hydrogen-bond acceptors (Lipinski definition) is 13. The number of hydrogen-bond donors (Lipinski definition) is 14. The van der Waals surface area contributed by atoms with E-state index in [0.29, 0.717) is 61.9 Å². The molecule has 1 aliphatic heterocycles. The van der Waals surface area contributed by atoms with Gasteiger partial charge in [0.1, 0.15) is 42.0 Å². The number of guanidine groups is 1. The zero-order valence-corrected chi connectivity index (χ0v) is 50.2. The zero-order chi connectivity index (χ0) is 62.5. The van der Waals surface area contributed by atoms with E-state index in [1.807, 2.05) is 64.1 Å². The molecule has 0 spiro atoms. The molecule has 1 saturated heterocycles. The first-order chi connectivity index (χ1) is 41.1. The number of carbonyl (C=O) groups is 9. The lowest BCUT2D eigenvalue weighted by molar-refractivity contribution is -0.135. The molecule has 23 nitrogen and oxygen atoms in total. The Kier molecular flexibility index (Phi) is 28.4. The van der Waals surface area contributed by atoms with Gasteiger partial charge >= 0.3 is 0 Å². The third-order valence-corrected chi connectivity index (χ3v) is 14.6. The molecule has 4 aromatic carbocycles. The van der Waals surface area contributed by atoms with E-state index < -0.39 is 103 Å². The molecule has 0 radical (unpaired) electrons. The molecule has 0 saturated carbocycles. The molecule has 1 aliphatic rings. The summed E-state index contributed by atoms with van der Waals surface area (Å²) in [4.78, 5) is 129. The maximum Gasteiger partial charge on any atom is 0.243 e. The predicted octanol–water partition coefficient (Wildman–Crippen LogP) is 2.07. The Balaban J connectivity index is 1.58. The van der Waals surface area contributed by atoms with Crippen LogP contribution < -0.4 is 64.2 Å². The molecule has 0 aliphatic carbocycles. The highest BCUT2D eigenvalue weighted by Gasteiger charge is 2.34. The minimum absolute atomic E-state index is 0.0408. The van der Waals surface area contributed by atoms with Crippen LogP contribution in [0.4, 0.5) is 0 Å². The van der Waals surface area contributed by atoms with Gasteiger partial charge in [-0.3, -0.25) is 48.6 Å². The van der Waals surface area contributed by atoms with E-state index in [4.69, 9.17) is 11.1 Å². The van der Waals surface area contributed by atoms with E-state index >= 15 is 0 Å². The third kappa shape index (κ3) is 24.6. The number of aromatic hydroxyl groups is 1. The molecule has 86 heavy (non-hydrogen) atoms. The van der Waals surface area contributed by atoms with Crippen LogP contribution in [0.1, 0.15) is 116 Å². The summed E-state index contributed by atoms with van der Waals surface area (Å²) in [5.74, 6) is -6.92. The zero-order valence-electron chi connectivity index (χ0n) is 50.2. The second-order valence-electron chi connectivity index (χ2n) is 22.6. The second-order valence-corrected chi connectivity index (χ2v) is 22.6. The van der Waals surface area contributed by atoms with Gasteiger partial charge in [-0.1, -0.05) is 113 Å². The Bertz CT molecular complexity index is 2910. The predicted molar refractivity (Wildman–Crippen MR) is 329 cm³/mol. The van der Waals surface area contributed by atoms with Gasteiger partial charge in [0, 0.05) is 44.3 Å². The van der Waals surface area contributed by atoms with E-state index in [2.05, 4.69) is 58.5 Å². The normalized spacial score (nSPS) is 20.1. The standard InChI is InChI=1S/C63H89N13O10/c1-39(2)66-31-13-11-20-48(41(5)77)72-60(84)51-29-30-55(79)71-53(35-42-16-7-6-8-17-42)61(85)76-54(36-43-24-27-47(78)28-25-43)62(86)74-49(21-12-14-32-67-40(3)4)58(82)73-50(22-15-33-68-63(64)65)59(83)75-52(57(81)69-38-56(80)70-51)37-44-23-26-45-18-9-10-19-46(45)34-44/h6-10,16-19,23-28,34,39-40,48-54,66-67,78H,11-15,20-22,29-33,35-38H2,1-5H3,(H,69,81)(H,70,80)(H,71,79)(H,72,84)(H,73,82)(H,74,86)(H,75,83)(H,76,85)(H4,64,65,68)/t48-,49-,50+,51+,52-,53-,54-/m0/s1. The van der Waals surface area contributed by atoms with E-state index in [9.17, 15) is 48.3 Å². The Morgan fingerprint density at radius 1 is 0.570 bits per heavy atom. The molecule has 1 fully saturated rings. The Hall–Kier alpha value is -8.44. The number of carbonyl (C=O) groups excluding carboxylic acids is 9. The van der Waals surface area contributed by atoms with Crippen LogP contribution in [0.5, 0.6) is 5.75 Å². The first-order valence-corrected chi connectivity index (χ1v) is 29.9. The summed E-state index contributed by atoms with van der Waals surface area (Å²) in [6, 6.07) is 19.2.